The molecule has 20 heavy (non-hydrogen) atoms. The molecule has 0 aliphatic rings. The molecular weight excluding hydrogens is 276 g/mol. The highest BCUT2D eigenvalue weighted by molar-refractivity contribution is 5.85. The molecule has 0 saturated heterocycles. The minimum atomic E-state index is -0.167. The van der Waals surface area contributed by atoms with E-state index in [1.807, 2.05) is 19.1 Å². The van der Waals surface area contributed by atoms with Crippen LogP contribution in [-0.2, 0) is 10.2 Å². The fourth-order valence-corrected chi connectivity index (χ4v) is 1.65. The third-order valence-electron chi connectivity index (χ3n) is 2.81. The SMILES string of the molecule is CC(COc1ccc(C(C)(C)C)cc1)NC(=O)CN.Cl. The summed E-state index contributed by atoms with van der Waals surface area (Å²) in [6.07, 6.45) is 0. The van der Waals surface area contributed by atoms with Crippen molar-refractivity contribution in [2.24, 2.45) is 5.73 Å². The van der Waals surface area contributed by atoms with Gasteiger partial charge in [-0.3, -0.25) is 4.79 Å². The summed E-state index contributed by atoms with van der Waals surface area (Å²) in [6, 6.07) is 7.99. The zero-order valence-corrected chi connectivity index (χ0v) is 13.4. The predicted octanol–water partition coefficient (Wildman–Crippen LogP) is 2.25. The smallest absolute Gasteiger partial charge is 0.234 e. The number of carbonyl (C=O) groups excluding carboxylic acids is 1. The van der Waals surface area contributed by atoms with Crippen LogP contribution in [0.3, 0.4) is 0 Å². The molecule has 0 heterocycles. The number of rotatable bonds is 5. The van der Waals surface area contributed by atoms with E-state index in [1.54, 1.807) is 0 Å². The van der Waals surface area contributed by atoms with Crippen LogP contribution in [0.1, 0.15) is 33.3 Å². The van der Waals surface area contributed by atoms with E-state index >= 15 is 0 Å². The van der Waals surface area contributed by atoms with E-state index in [2.05, 4.69) is 38.2 Å². The van der Waals surface area contributed by atoms with Crippen LogP contribution < -0.4 is 15.8 Å². The van der Waals surface area contributed by atoms with Gasteiger partial charge in [-0.05, 0) is 30.0 Å². The molecule has 0 fully saturated rings. The number of amides is 1. The Bertz CT molecular complexity index is 413. The Morgan fingerprint density at radius 3 is 2.30 bits per heavy atom. The summed E-state index contributed by atoms with van der Waals surface area (Å²) in [4.78, 5) is 11.1. The van der Waals surface area contributed by atoms with Crippen molar-refractivity contribution < 1.29 is 9.53 Å². The van der Waals surface area contributed by atoms with Gasteiger partial charge in [-0.25, -0.2) is 0 Å². The van der Waals surface area contributed by atoms with Crippen molar-refractivity contribution in [3.63, 3.8) is 0 Å². The van der Waals surface area contributed by atoms with Crippen LogP contribution in [-0.4, -0.2) is 25.1 Å². The third kappa shape index (κ3) is 6.26. The molecule has 0 radical (unpaired) electrons. The van der Waals surface area contributed by atoms with Crippen LogP contribution in [0.5, 0.6) is 5.75 Å². The largest absolute Gasteiger partial charge is 0.491 e. The molecule has 0 spiro atoms. The minimum absolute atomic E-state index is 0. The molecule has 0 saturated carbocycles. The number of ether oxygens (including phenoxy) is 1. The number of hydrogen-bond acceptors (Lipinski definition) is 3. The highest BCUT2D eigenvalue weighted by Gasteiger charge is 2.13. The second-order valence-electron chi connectivity index (χ2n) is 5.76. The summed E-state index contributed by atoms with van der Waals surface area (Å²) >= 11 is 0. The number of hydrogen-bond donors (Lipinski definition) is 2. The van der Waals surface area contributed by atoms with E-state index in [4.69, 9.17) is 10.5 Å². The summed E-state index contributed by atoms with van der Waals surface area (Å²) in [5.41, 5.74) is 6.64. The highest BCUT2D eigenvalue weighted by Crippen LogP contribution is 2.24. The number of nitrogens with two attached hydrogens (primary N) is 1. The standard InChI is InChI=1S/C15H24N2O2.ClH/c1-11(17-14(18)9-16)10-19-13-7-5-12(6-8-13)15(2,3)4;/h5-8,11H,9-10,16H2,1-4H3,(H,17,18);1H. The van der Waals surface area contributed by atoms with Crippen molar-refractivity contribution in [2.45, 2.75) is 39.2 Å². The van der Waals surface area contributed by atoms with Gasteiger partial charge in [0.2, 0.25) is 5.91 Å². The first-order chi connectivity index (χ1) is 8.82. The zero-order chi connectivity index (χ0) is 14.5. The average Bonchev–Trinajstić information content (AvgIpc) is 2.35. The molecule has 114 valence electrons. The Hall–Kier alpha value is -1.26. The van der Waals surface area contributed by atoms with Gasteiger partial charge in [-0.1, -0.05) is 32.9 Å². The van der Waals surface area contributed by atoms with Crippen molar-refractivity contribution in [2.75, 3.05) is 13.2 Å². The lowest BCUT2D eigenvalue weighted by Gasteiger charge is -2.19. The summed E-state index contributed by atoms with van der Waals surface area (Å²) in [5.74, 6) is 0.640. The second-order valence-corrected chi connectivity index (χ2v) is 5.76. The van der Waals surface area contributed by atoms with Gasteiger partial charge in [-0.2, -0.15) is 0 Å². The lowest BCUT2D eigenvalue weighted by atomic mass is 9.87. The normalized spacial score (nSPS) is 12.2. The van der Waals surface area contributed by atoms with Gasteiger partial charge in [0, 0.05) is 0 Å². The molecule has 1 aromatic rings. The lowest BCUT2D eigenvalue weighted by molar-refractivity contribution is -0.120. The van der Waals surface area contributed by atoms with Crippen molar-refractivity contribution in [3.8, 4) is 5.75 Å². The van der Waals surface area contributed by atoms with Gasteiger partial charge in [-0.15, -0.1) is 12.4 Å². The Morgan fingerprint density at radius 1 is 1.30 bits per heavy atom. The molecule has 3 N–H and O–H groups in total. The van der Waals surface area contributed by atoms with Gasteiger partial charge in [0.15, 0.2) is 0 Å². The van der Waals surface area contributed by atoms with Crippen molar-refractivity contribution >= 4 is 18.3 Å². The van der Waals surface area contributed by atoms with Crippen LogP contribution >= 0.6 is 12.4 Å². The van der Waals surface area contributed by atoms with E-state index in [0.29, 0.717) is 6.61 Å². The Kier molecular flexibility index (Phi) is 7.61. The first-order valence-corrected chi connectivity index (χ1v) is 6.55. The number of benzene rings is 1. The molecule has 1 aromatic carbocycles. The molecule has 1 atom stereocenters. The molecule has 5 heteroatoms. The number of halogens is 1. The van der Waals surface area contributed by atoms with E-state index in [1.165, 1.54) is 5.56 Å². The van der Waals surface area contributed by atoms with Gasteiger partial charge in [0.25, 0.3) is 0 Å². The van der Waals surface area contributed by atoms with Crippen LogP contribution in [0.15, 0.2) is 24.3 Å². The van der Waals surface area contributed by atoms with Crippen LogP contribution in [0.25, 0.3) is 0 Å². The predicted molar refractivity (Wildman–Crippen MR) is 84.5 cm³/mol. The average molecular weight is 301 g/mol. The molecule has 0 aliphatic carbocycles. The third-order valence-corrected chi connectivity index (χ3v) is 2.81. The lowest BCUT2D eigenvalue weighted by Crippen LogP contribution is -2.40. The Labute approximate surface area is 127 Å². The molecule has 1 amide bonds. The van der Waals surface area contributed by atoms with E-state index < -0.39 is 0 Å². The molecule has 0 bridgehead atoms. The molecule has 0 aromatic heterocycles. The van der Waals surface area contributed by atoms with Crippen LogP contribution in [0, 0.1) is 0 Å². The summed E-state index contributed by atoms with van der Waals surface area (Å²) in [6.45, 7) is 8.84. The first-order valence-electron chi connectivity index (χ1n) is 6.55. The molecule has 4 nitrogen and oxygen atoms in total. The van der Waals surface area contributed by atoms with Crippen LogP contribution in [0.2, 0.25) is 0 Å². The van der Waals surface area contributed by atoms with Crippen molar-refractivity contribution in [3.05, 3.63) is 29.8 Å². The van der Waals surface area contributed by atoms with Gasteiger partial charge >= 0.3 is 0 Å². The molecule has 1 unspecified atom stereocenters. The van der Waals surface area contributed by atoms with Gasteiger partial charge < -0.3 is 15.8 Å². The van der Waals surface area contributed by atoms with Crippen molar-refractivity contribution in [1.82, 2.24) is 5.32 Å². The Morgan fingerprint density at radius 2 is 1.85 bits per heavy atom. The number of nitrogens with one attached hydrogen (secondary N) is 1. The van der Waals surface area contributed by atoms with E-state index in [0.717, 1.165) is 5.75 Å². The highest BCUT2D eigenvalue weighted by atomic mass is 35.5. The van der Waals surface area contributed by atoms with Gasteiger partial charge in [0.05, 0.1) is 12.6 Å². The van der Waals surface area contributed by atoms with E-state index in [-0.39, 0.29) is 36.3 Å². The Balaban J connectivity index is 0.00000361. The maximum absolute atomic E-state index is 11.1. The molecule has 0 aliphatic heterocycles. The van der Waals surface area contributed by atoms with Crippen molar-refractivity contribution in [1.29, 1.82) is 0 Å². The van der Waals surface area contributed by atoms with E-state index in [9.17, 15) is 4.79 Å². The monoisotopic (exact) mass is 300 g/mol. The molecule has 1 rings (SSSR count). The zero-order valence-electron chi connectivity index (χ0n) is 12.6. The topological polar surface area (TPSA) is 64.3 Å². The second kappa shape index (κ2) is 8.12. The number of carbonyl (C=O) groups is 1. The minimum Gasteiger partial charge on any atom is -0.491 e. The first kappa shape index (κ1) is 18.7. The van der Waals surface area contributed by atoms with Crippen LogP contribution in [0.4, 0.5) is 0 Å². The summed E-state index contributed by atoms with van der Waals surface area (Å²) in [5, 5.41) is 2.75. The maximum atomic E-state index is 11.1. The fourth-order valence-electron chi connectivity index (χ4n) is 1.65. The quantitative estimate of drug-likeness (QED) is 0.876. The molecular formula is C15H25ClN2O2. The fraction of sp³-hybridized carbons (Fsp3) is 0.533. The summed E-state index contributed by atoms with van der Waals surface area (Å²) < 4.78 is 5.63. The summed E-state index contributed by atoms with van der Waals surface area (Å²) in [7, 11) is 0. The van der Waals surface area contributed by atoms with Gasteiger partial charge in [0.1, 0.15) is 12.4 Å². The maximum Gasteiger partial charge on any atom is 0.234 e.